The Morgan fingerprint density at radius 1 is 1.00 bits per heavy atom. The maximum Gasteiger partial charge on any atom is 0.337 e. The van der Waals surface area contributed by atoms with Crippen molar-refractivity contribution in [2.75, 3.05) is 23.3 Å². The van der Waals surface area contributed by atoms with Crippen molar-refractivity contribution in [2.45, 2.75) is 12.3 Å². The number of anilines is 2. The molecule has 1 saturated heterocycles. The third-order valence-electron chi connectivity index (χ3n) is 5.39. The number of nitrogens with zero attached hydrogens (tertiary/aromatic N) is 1. The first-order chi connectivity index (χ1) is 14.5. The maximum atomic E-state index is 13.0. The van der Waals surface area contributed by atoms with Crippen LogP contribution in [0.3, 0.4) is 0 Å². The first kappa shape index (κ1) is 19.6. The number of carboxylic acids is 1. The Balaban J connectivity index is 1.53. The first-order valence-corrected chi connectivity index (χ1v) is 9.75. The van der Waals surface area contributed by atoms with Gasteiger partial charge in [-0.15, -0.1) is 0 Å². The largest absolute Gasteiger partial charge is 0.478 e. The van der Waals surface area contributed by atoms with Gasteiger partial charge >= 0.3 is 5.97 Å². The molecule has 0 spiro atoms. The molecule has 0 aromatic heterocycles. The Kier molecular flexibility index (Phi) is 5.48. The number of aromatic carboxylic acids is 1. The van der Waals surface area contributed by atoms with Crippen LogP contribution in [-0.4, -0.2) is 30.1 Å². The van der Waals surface area contributed by atoms with E-state index in [0.29, 0.717) is 22.9 Å². The van der Waals surface area contributed by atoms with Gasteiger partial charge in [-0.2, -0.15) is 0 Å². The molecule has 1 atom stereocenters. The predicted molar refractivity (Wildman–Crippen MR) is 114 cm³/mol. The minimum Gasteiger partial charge on any atom is -0.478 e. The summed E-state index contributed by atoms with van der Waals surface area (Å²) in [6.45, 7) is 1.51. The van der Waals surface area contributed by atoms with Gasteiger partial charge in [0.25, 0.3) is 5.91 Å². The molecule has 1 aliphatic rings. The van der Waals surface area contributed by atoms with E-state index >= 15 is 0 Å². The summed E-state index contributed by atoms with van der Waals surface area (Å²) in [6.07, 6.45) is 0.951. The SMILES string of the molecule is O=C(Nc1ccc(N2CC[C@@H](c3ccccc3)C2)c(C(=O)O)c1)c1ccc(F)cc1. The Morgan fingerprint density at radius 3 is 2.43 bits per heavy atom. The Bertz CT molecular complexity index is 1070. The molecule has 3 aromatic rings. The summed E-state index contributed by atoms with van der Waals surface area (Å²) in [7, 11) is 0. The van der Waals surface area contributed by atoms with Gasteiger partial charge in [-0.1, -0.05) is 30.3 Å². The quantitative estimate of drug-likeness (QED) is 0.643. The highest BCUT2D eigenvalue weighted by molar-refractivity contribution is 6.05. The topological polar surface area (TPSA) is 69.6 Å². The molecule has 0 radical (unpaired) electrons. The number of amides is 1. The minimum atomic E-state index is -1.05. The van der Waals surface area contributed by atoms with E-state index in [4.69, 9.17) is 0 Å². The number of benzene rings is 3. The molecule has 0 bridgehead atoms. The van der Waals surface area contributed by atoms with Gasteiger partial charge < -0.3 is 15.3 Å². The van der Waals surface area contributed by atoms with E-state index in [1.54, 1.807) is 12.1 Å². The normalized spacial score (nSPS) is 15.8. The molecule has 1 amide bonds. The van der Waals surface area contributed by atoms with Crippen molar-refractivity contribution in [1.29, 1.82) is 0 Å². The van der Waals surface area contributed by atoms with Gasteiger partial charge in [0.15, 0.2) is 0 Å². The van der Waals surface area contributed by atoms with E-state index in [9.17, 15) is 19.1 Å². The zero-order chi connectivity index (χ0) is 21.1. The van der Waals surface area contributed by atoms with Crippen molar-refractivity contribution in [1.82, 2.24) is 0 Å². The number of nitrogens with one attached hydrogen (secondary N) is 1. The third kappa shape index (κ3) is 4.17. The third-order valence-corrected chi connectivity index (χ3v) is 5.39. The van der Waals surface area contributed by atoms with Crippen molar-refractivity contribution in [3.63, 3.8) is 0 Å². The zero-order valence-corrected chi connectivity index (χ0v) is 16.2. The zero-order valence-electron chi connectivity index (χ0n) is 16.2. The minimum absolute atomic E-state index is 0.139. The van der Waals surface area contributed by atoms with Crippen LogP contribution >= 0.6 is 0 Å². The summed E-state index contributed by atoms with van der Waals surface area (Å²) >= 11 is 0. The lowest BCUT2D eigenvalue weighted by Crippen LogP contribution is -2.22. The number of rotatable bonds is 5. The molecule has 30 heavy (non-hydrogen) atoms. The van der Waals surface area contributed by atoms with Gasteiger partial charge in [0, 0.05) is 30.3 Å². The fraction of sp³-hybridized carbons (Fsp3) is 0.167. The van der Waals surface area contributed by atoms with Crippen LogP contribution in [-0.2, 0) is 0 Å². The molecule has 1 heterocycles. The second-order valence-corrected chi connectivity index (χ2v) is 7.34. The summed E-state index contributed by atoms with van der Waals surface area (Å²) in [5.41, 5.74) is 2.70. The Hall–Kier alpha value is -3.67. The van der Waals surface area contributed by atoms with Crippen molar-refractivity contribution >= 4 is 23.3 Å². The van der Waals surface area contributed by atoms with Crippen molar-refractivity contribution in [2.24, 2.45) is 0 Å². The van der Waals surface area contributed by atoms with E-state index in [2.05, 4.69) is 22.3 Å². The van der Waals surface area contributed by atoms with Crippen LogP contribution in [0.5, 0.6) is 0 Å². The van der Waals surface area contributed by atoms with E-state index in [0.717, 1.165) is 19.5 Å². The van der Waals surface area contributed by atoms with Crippen LogP contribution in [0.2, 0.25) is 0 Å². The first-order valence-electron chi connectivity index (χ1n) is 9.75. The van der Waals surface area contributed by atoms with E-state index in [1.165, 1.54) is 35.9 Å². The molecule has 5 nitrogen and oxygen atoms in total. The number of hydrogen-bond acceptors (Lipinski definition) is 3. The fourth-order valence-electron chi connectivity index (χ4n) is 3.84. The average molecular weight is 404 g/mol. The second kappa shape index (κ2) is 8.37. The van der Waals surface area contributed by atoms with Crippen LogP contribution in [0.1, 0.15) is 38.6 Å². The molecular weight excluding hydrogens is 383 g/mol. The summed E-state index contributed by atoms with van der Waals surface area (Å²) in [4.78, 5) is 26.3. The molecule has 0 saturated carbocycles. The van der Waals surface area contributed by atoms with Crippen LogP contribution in [0.4, 0.5) is 15.8 Å². The van der Waals surface area contributed by atoms with E-state index in [-0.39, 0.29) is 5.56 Å². The van der Waals surface area contributed by atoms with Crippen LogP contribution in [0.25, 0.3) is 0 Å². The van der Waals surface area contributed by atoms with Crippen molar-refractivity contribution in [3.8, 4) is 0 Å². The molecule has 4 rings (SSSR count). The summed E-state index contributed by atoms with van der Waals surface area (Å²) in [5.74, 6) is -1.55. The molecule has 2 N–H and O–H groups in total. The highest BCUT2D eigenvalue weighted by atomic mass is 19.1. The van der Waals surface area contributed by atoms with Crippen molar-refractivity contribution in [3.05, 3.63) is 95.3 Å². The summed E-state index contributed by atoms with van der Waals surface area (Å²) < 4.78 is 13.0. The van der Waals surface area contributed by atoms with Crippen molar-refractivity contribution < 1.29 is 19.1 Å². The van der Waals surface area contributed by atoms with Gasteiger partial charge in [-0.05, 0) is 54.4 Å². The van der Waals surface area contributed by atoms with Gasteiger partial charge in [-0.25, -0.2) is 9.18 Å². The highest BCUT2D eigenvalue weighted by Gasteiger charge is 2.27. The lowest BCUT2D eigenvalue weighted by atomic mass is 9.99. The molecule has 6 heteroatoms. The molecule has 0 unspecified atom stereocenters. The van der Waals surface area contributed by atoms with Crippen LogP contribution < -0.4 is 10.2 Å². The van der Waals surface area contributed by atoms with Crippen LogP contribution in [0, 0.1) is 5.82 Å². The standard InChI is InChI=1S/C24H21FN2O3/c25-19-8-6-17(7-9-19)23(28)26-20-10-11-22(21(14-20)24(29)30)27-13-12-18(15-27)16-4-2-1-3-5-16/h1-11,14,18H,12-13,15H2,(H,26,28)(H,29,30)/t18-/m1/s1. The number of carbonyl (C=O) groups is 2. The van der Waals surface area contributed by atoms with Crippen LogP contribution in [0.15, 0.2) is 72.8 Å². The molecular formula is C24H21FN2O3. The van der Waals surface area contributed by atoms with Gasteiger partial charge in [0.2, 0.25) is 0 Å². The lowest BCUT2D eigenvalue weighted by Gasteiger charge is -2.21. The maximum absolute atomic E-state index is 13.0. The smallest absolute Gasteiger partial charge is 0.337 e. The molecule has 1 fully saturated rings. The number of halogens is 1. The second-order valence-electron chi connectivity index (χ2n) is 7.34. The lowest BCUT2D eigenvalue weighted by molar-refractivity contribution is 0.0697. The predicted octanol–water partition coefficient (Wildman–Crippen LogP) is 4.77. The monoisotopic (exact) mass is 404 g/mol. The molecule has 0 aliphatic carbocycles. The van der Waals surface area contributed by atoms with E-state index < -0.39 is 17.7 Å². The summed E-state index contributed by atoms with van der Waals surface area (Å²) in [6, 6.07) is 20.3. The van der Waals surface area contributed by atoms with Gasteiger partial charge in [0.1, 0.15) is 5.82 Å². The number of carboxylic acid groups (broad SMARTS) is 1. The van der Waals surface area contributed by atoms with E-state index in [1.807, 2.05) is 18.2 Å². The Labute approximate surface area is 173 Å². The van der Waals surface area contributed by atoms with Gasteiger partial charge in [-0.3, -0.25) is 4.79 Å². The highest BCUT2D eigenvalue weighted by Crippen LogP contribution is 2.33. The molecule has 3 aromatic carbocycles. The van der Waals surface area contributed by atoms with Gasteiger partial charge in [0.05, 0.1) is 11.3 Å². The Morgan fingerprint density at radius 2 is 1.73 bits per heavy atom. The summed E-state index contributed by atoms with van der Waals surface area (Å²) in [5, 5.41) is 12.4. The fourth-order valence-corrected chi connectivity index (χ4v) is 3.84. The number of hydrogen-bond donors (Lipinski definition) is 2. The molecule has 1 aliphatic heterocycles. The average Bonchev–Trinajstić information content (AvgIpc) is 3.25. The number of carbonyl (C=O) groups excluding carboxylic acids is 1. The molecule has 152 valence electrons.